The number of amides is 2. The van der Waals surface area contributed by atoms with Gasteiger partial charge in [-0.3, -0.25) is 9.59 Å². The second kappa shape index (κ2) is 4.70. The number of carbonyl (C=O) groups is 2. The molecule has 1 aromatic rings. The highest BCUT2D eigenvalue weighted by molar-refractivity contribution is 6.52. The van der Waals surface area contributed by atoms with E-state index in [-0.39, 0.29) is 10.9 Å². The van der Waals surface area contributed by atoms with Gasteiger partial charge >= 0.3 is 0 Å². The molecule has 0 aromatic heterocycles. The van der Waals surface area contributed by atoms with Crippen LogP contribution < -0.4 is 4.90 Å². The van der Waals surface area contributed by atoms with E-state index in [2.05, 4.69) is 0 Å². The number of halogens is 1. The summed E-state index contributed by atoms with van der Waals surface area (Å²) >= 11 is 6.07. The van der Waals surface area contributed by atoms with Crippen LogP contribution in [0.15, 0.2) is 41.1 Å². The summed E-state index contributed by atoms with van der Waals surface area (Å²) in [4.78, 5) is 27.7. The first-order chi connectivity index (χ1) is 9.20. The van der Waals surface area contributed by atoms with Gasteiger partial charge in [0.2, 0.25) is 0 Å². The van der Waals surface area contributed by atoms with E-state index in [1.165, 1.54) is 0 Å². The van der Waals surface area contributed by atoms with Gasteiger partial charge in [-0.25, -0.2) is 4.90 Å². The maximum absolute atomic E-state index is 12.4. The molecule has 0 spiro atoms. The fourth-order valence-corrected chi connectivity index (χ4v) is 2.80. The van der Waals surface area contributed by atoms with E-state index < -0.39 is 5.91 Å². The lowest BCUT2D eigenvalue weighted by Gasteiger charge is -2.19. The number of likely N-dealkylation sites (tertiary alicyclic amines) is 1. The first-order valence-corrected chi connectivity index (χ1v) is 6.66. The Labute approximate surface area is 116 Å². The zero-order valence-electron chi connectivity index (χ0n) is 10.3. The first-order valence-electron chi connectivity index (χ1n) is 6.28. The fraction of sp³-hybridized carbons (Fsp3) is 0.286. The molecule has 0 saturated carbocycles. The van der Waals surface area contributed by atoms with Crippen LogP contribution in [0.2, 0.25) is 0 Å². The van der Waals surface area contributed by atoms with E-state index >= 15 is 0 Å². The molecule has 0 unspecified atom stereocenters. The number of para-hydroxylation sites is 1. The third kappa shape index (κ3) is 1.92. The minimum absolute atomic E-state index is 0.0377. The van der Waals surface area contributed by atoms with Crippen LogP contribution in [0.4, 0.5) is 5.69 Å². The zero-order valence-corrected chi connectivity index (χ0v) is 11.1. The second-order valence-electron chi connectivity index (χ2n) is 4.64. The Hall–Kier alpha value is -1.81. The van der Waals surface area contributed by atoms with Gasteiger partial charge in [0.15, 0.2) is 0 Å². The Balaban J connectivity index is 1.96. The highest BCUT2D eigenvalue weighted by atomic mass is 35.5. The average Bonchev–Trinajstić information content (AvgIpc) is 3.00. The van der Waals surface area contributed by atoms with Gasteiger partial charge in [-0.1, -0.05) is 29.8 Å². The molecule has 0 aliphatic carbocycles. The highest BCUT2D eigenvalue weighted by Crippen LogP contribution is 2.32. The Morgan fingerprint density at radius 2 is 1.58 bits per heavy atom. The lowest BCUT2D eigenvalue weighted by Crippen LogP contribution is -2.34. The fourth-order valence-electron chi connectivity index (χ4n) is 2.52. The Morgan fingerprint density at radius 3 is 2.21 bits per heavy atom. The third-order valence-electron chi connectivity index (χ3n) is 3.44. The van der Waals surface area contributed by atoms with Crippen LogP contribution in [-0.4, -0.2) is 29.8 Å². The van der Waals surface area contributed by atoms with Gasteiger partial charge in [0.1, 0.15) is 10.7 Å². The van der Waals surface area contributed by atoms with Crippen molar-refractivity contribution >= 4 is 29.1 Å². The van der Waals surface area contributed by atoms with Crippen LogP contribution >= 0.6 is 11.6 Å². The second-order valence-corrected chi connectivity index (χ2v) is 5.02. The van der Waals surface area contributed by atoms with Crippen LogP contribution in [0.5, 0.6) is 0 Å². The maximum atomic E-state index is 12.4. The number of rotatable bonds is 2. The first kappa shape index (κ1) is 12.2. The number of hydrogen-bond acceptors (Lipinski definition) is 3. The van der Waals surface area contributed by atoms with Crippen molar-refractivity contribution in [2.45, 2.75) is 12.8 Å². The molecule has 98 valence electrons. The number of benzene rings is 1. The summed E-state index contributed by atoms with van der Waals surface area (Å²) in [6, 6.07) is 8.88. The minimum Gasteiger partial charge on any atom is -0.366 e. The zero-order chi connectivity index (χ0) is 13.4. The van der Waals surface area contributed by atoms with E-state index in [4.69, 9.17) is 11.6 Å². The van der Waals surface area contributed by atoms with E-state index in [0.29, 0.717) is 11.4 Å². The molecule has 0 bridgehead atoms. The minimum atomic E-state index is -0.431. The van der Waals surface area contributed by atoms with Gasteiger partial charge < -0.3 is 4.90 Å². The molecule has 19 heavy (non-hydrogen) atoms. The topological polar surface area (TPSA) is 40.6 Å². The van der Waals surface area contributed by atoms with Crippen molar-refractivity contribution in [3.63, 3.8) is 0 Å². The summed E-state index contributed by atoms with van der Waals surface area (Å²) in [5.74, 6) is -0.747. The standard InChI is InChI=1S/C14H13ClN2O2/c15-11-12(16-8-4-5-9-16)14(19)17(13(11)18)10-6-2-1-3-7-10/h1-3,6-7H,4-5,8-9H2. The van der Waals surface area contributed by atoms with Crippen molar-refractivity contribution in [2.24, 2.45) is 0 Å². The summed E-state index contributed by atoms with van der Waals surface area (Å²) in [5.41, 5.74) is 0.915. The van der Waals surface area contributed by atoms with E-state index in [0.717, 1.165) is 30.8 Å². The quantitative estimate of drug-likeness (QED) is 0.777. The number of imide groups is 1. The lowest BCUT2D eigenvalue weighted by molar-refractivity contribution is -0.121. The molecule has 2 aliphatic heterocycles. The molecule has 0 radical (unpaired) electrons. The summed E-state index contributed by atoms with van der Waals surface area (Å²) in [7, 11) is 0. The van der Waals surface area contributed by atoms with Crippen molar-refractivity contribution in [3.8, 4) is 0 Å². The summed E-state index contributed by atoms with van der Waals surface area (Å²) in [5, 5.41) is 0.0377. The maximum Gasteiger partial charge on any atom is 0.283 e. The average molecular weight is 277 g/mol. The summed E-state index contributed by atoms with van der Waals surface area (Å²) < 4.78 is 0. The van der Waals surface area contributed by atoms with Crippen LogP contribution in [0.25, 0.3) is 0 Å². The number of nitrogens with zero attached hydrogens (tertiary/aromatic N) is 2. The number of anilines is 1. The van der Waals surface area contributed by atoms with Gasteiger partial charge in [-0.05, 0) is 25.0 Å². The molecular weight excluding hydrogens is 264 g/mol. The summed E-state index contributed by atoms with van der Waals surface area (Å²) in [6.07, 6.45) is 2.06. The largest absolute Gasteiger partial charge is 0.366 e. The summed E-state index contributed by atoms with van der Waals surface area (Å²) in [6.45, 7) is 1.57. The molecular formula is C14H13ClN2O2. The molecule has 2 heterocycles. The van der Waals surface area contributed by atoms with Crippen molar-refractivity contribution in [1.82, 2.24) is 4.90 Å². The molecule has 0 N–H and O–H groups in total. The van der Waals surface area contributed by atoms with Gasteiger partial charge in [-0.2, -0.15) is 0 Å². The third-order valence-corrected chi connectivity index (χ3v) is 3.78. The van der Waals surface area contributed by atoms with Crippen molar-refractivity contribution in [2.75, 3.05) is 18.0 Å². The number of hydrogen-bond donors (Lipinski definition) is 0. The Morgan fingerprint density at radius 1 is 0.947 bits per heavy atom. The predicted molar refractivity (Wildman–Crippen MR) is 72.6 cm³/mol. The monoisotopic (exact) mass is 276 g/mol. The van der Waals surface area contributed by atoms with E-state index in [1.54, 1.807) is 24.3 Å². The Kier molecular flexibility index (Phi) is 3.03. The van der Waals surface area contributed by atoms with Gasteiger partial charge in [0.25, 0.3) is 11.8 Å². The molecule has 2 aliphatic rings. The molecule has 1 saturated heterocycles. The van der Waals surface area contributed by atoms with Crippen LogP contribution in [0, 0.1) is 0 Å². The molecule has 3 rings (SSSR count). The van der Waals surface area contributed by atoms with Gasteiger partial charge in [0.05, 0.1) is 5.69 Å². The Bertz CT molecular complexity index is 562. The number of carbonyl (C=O) groups excluding carboxylic acids is 2. The molecule has 4 nitrogen and oxygen atoms in total. The molecule has 2 amide bonds. The molecule has 1 aromatic carbocycles. The van der Waals surface area contributed by atoms with E-state index in [9.17, 15) is 9.59 Å². The van der Waals surface area contributed by atoms with Crippen LogP contribution in [0.3, 0.4) is 0 Å². The SMILES string of the molecule is O=C1C(Cl)=C(N2CCCC2)C(=O)N1c1ccccc1. The molecule has 0 atom stereocenters. The van der Waals surface area contributed by atoms with Crippen molar-refractivity contribution in [3.05, 3.63) is 41.1 Å². The van der Waals surface area contributed by atoms with Crippen LogP contribution in [0.1, 0.15) is 12.8 Å². The molecule has 5 heteroatoms. The highest BCUT2D eigenvalue weighted by Gasteiger charge is 2.41. The van der Waals surface area contributed by atoms with E-state index in [1.807, 2.05) is 11.0 Å². The van der Waals surface area contributed by atoms with Crippen LogP contribution in [-0.2, 0) is 9.59 Å². The van der Waals surface area contributed by atoms with Gasteiger partial charge in [0, 0.05) is 13.1 Å². The predicted octanol–water partition coefficient (Wildman–Crippen LogP) is 2.11. The molecule has 1 fully saturated rings. The lowest BCUT2D eigenvalue weighted by atomic mass is 10.3. The van der Waals surface area contributed by atoms with Gasteiger partial charge in [-0.15, -0.1) is 0 Å². The smallest absolute Gasteiger partial charge is 0.283 e. The van der Waals surface area contributed by atoms with Crippen molar-refractivity contribution in [1.29, 1.82) is 0 Å². The normalized spacial score (nSPS) is 19.8. The van der Waals surface area contributed by atoms with Crippen molar-refractivity contribution < 1.29 is 9.59 Å².